The molecule has 6 nitrogen and oxygen atoms in total. The summed E-state index contributed by atoms with van der Waals surface area (Å²) in [6, 6.07) is 18.1. The average Bonchev–Trinajstić information content (AvgIpc) is 3.23. The lowest BCUT2D eigenvalue weighted by molar-refractivity contribution is -0.117. The van der Waals surface area contributed by atoms with Crippen LogP contribution in [0.25, 0.3) is 11.3 Å². The molecule has 29 heavy (non-hydrogen) atoms. The highest BCUT2D eigenvalue weighted by Gasteiger charge is 2.20. The van der Waals surface area contributed by atoms with E-state index >= 15 is 0 Å². The number of aromatic nitrogens is 1. The van der Waals surface area contributed by atoms with Gasteiger partial charge >= 0.3 is 0 Å². The Morgan fingerprint density at radius 2 is 1.79 bits per heavy atom. The Morgan fingerprint density at radius 1 is 1.07 bits per heavy atom. The number of carbonyl (C=O) groups is 1. The molecule has 0 atom stereocenters. The highest BCUT2D eigenvalue weighted by atomic mass is 32.1. The van der Waals surface area contributed by atoms with Gasteiger partial charge in [-0.3, -0.25) is 9.69 Å². The summed E-state index contributed by atoms with van der Waals surface area (Å²) in [7, 11) is 1.67. The van der Waals surface area contributed by atoms with Gasteiger partial charge in [0, 0.05) is 42.8 Å². The normalized spacial score (nSPS) is 14.6. The van der Waals surface area contributed by atoms with Gasteiger partial charge in [-0.05, 0) is 24.3 Å². The molecule has 0 saturated carbocycles. The molecule has 1 N–H and O–H groups in total. The van der Waals surface area contributed by atoms with E-state index in [2.05, 4.69) is 32.2 Å². The van der Waals surface area contributed by atoms with Gasteiger partial charge in [0.2, 0.25) is 5.91 Å². The molecule has 1 saturated heterocycles. The van der Waals surface area contributed by atoms with Crippen LogP contribution >= 0.6 is 11.3 Å². The molecule has 0 radical (unpaired) electrons. The zero-order chi connectivity index (χ0) is 20.1. The molecule has 1 fully saturated rings. The third kappa shape index (κ3) is 4.93. The molecular weight excluding hydrogens is 384 g/mol. The maximum Gasteiger partial charge on any atom is 0.240 e. The number of hydrogen-bond acceptors (Lipinski definition) is 6. The standard InChI is InChI=1S/C22H24N4O2S/c1-28-19-9-7-18(8-10-19)26-13-11-25(12-14-26)15-21(27)24-22-23-20(16-29-22)17-5-3-2-4-6-17/h2-10,16H,11-15H2,1H3,(H,23,24,27). The van der Waals surface area contributed by atoms with E-state index in [0.717, 1.165) is 43.2 Å². The fourth-order valence-electron chi connectivity index (χ4n) is 3.39. The first-order valence-electron chi connectivity index (χ1n) is 9.63. The van der Waals surface area contributed by atoms with Gasteiger partial charge in [-0.15, -0.1) is 11.3 Å². The van der Waals surface area contributed by atoms with Crippen LogP contribution in [0, 0.1) is 0 Å². The van der Waals surface area contributed by atoms with Crippen molar-refractivity contribution in [1.29, 1.82) is 0 Å². The average molecular weight is 409 g/mol. The molecule has 0 aliphatic carbocycles. The third-order valence-corrected chi connectivity index (χ3v) is 5.75. The number of rotatable bonds is 6. The predicted molar refractivity (Wildman–Crippen MR) is 118 cm³/mol. The van der Waals surface area contributed by atoms with E-state index in [-0.39, 0.29) is 5.91 Å². The van der Waals surface area contributed by atoms with Crippen molar-refractivity contribution in [1.82, 2.24) is 9.88 Å². The highest BCUT2D eigenvalue weighted by Crippen LogP contribution is 2.24. The summed E-state index contributed by atoms with van der Waals surface area (Å²) >= 11 is 1.46. The number of benzene rings is 2. The van der Waals surface area contributed by atoms with E-state index in [1.54, 1.807) is 7.11 Å². The van der Waals surface area contributed by atoms with Gasteiger partial charge < -0.3 is 15.0 Å². The summed E-state index contributed by atoms with van der Waals surface area (Å²) in [4.78, 5) is 21.5. The minimum Gasteiger partial charge on any atom is -0.497 e. The number of thiazole rings is 1. The summed E-state index contributed by atoms with van der Waals surface area (Å²) in [5.74, 6) is 0.846. The van der Waals surface area contributed by atoms with E-state index in [1.165, 1.54) is 17.0 Å². The zero-order valence-corrected chi connectivity index (χ0v) is 17.2. The molecular formula is C22H24N4O2S. The first-order valence-corrected chi connectivity index (χ1v) is 10.5. The van der Waals surface area contributed by atoms with E-state index in [9.17, 15) is 4.79 Å². The Morgan fingerprint density at radius 3 is 2.48 bits per heavy atom. The number of methoxy groups -OCH3 is 1. The number of hydrogen-bond donors (Lipinski definition) is 1. The minimum atomic E-state index is -0.0168. The van der Waals surface area contributed by atoms with Gasteiger partial charge in [0.25, 0.3) is 0 Å². The molecule has 7 heteroatoms. The highest BCUT2D eigenvalue weighted by molar-refractivity contribution is 7.14. The number of amides is 1. The topological polar surface area (TPSA) is 57.7 Å². The lowest BCUT2D eigenvalue weighted by atomic mass is 10.2. The molecule has 3 aromatic rings. The Kier molecular flexibility index (Phi) is 6.07. The molecule has 1 aromatic heterocycles. The lowest BCUT2D eigenvalue weighted by Gasteiger charge is -2.35. The Balaban J connectivity index is 1.26. The van der Waals surface area contributed by atoms with Crippen molar-refractivity contribution in [2.45, 2.75) is 0 Å². The monoisotopic (exact) mass is 408 g/mol. The molecule has 0 spiro atoms. The van der Waals surface area contributed by atoms with Gasteiger partial charge in [0.05, 0.1) is 19.3 Å². The molecule has 1 aliphatic rings. The lowest BCUT2D eigenvalue weighted by Crippen LogP contribution is -2.48. The number of nitrogens with zero attached hydrogens (tertiary/aromatic N) is 3. The smallest absolute Gasteiger partial charge is 0.240 e. The fraction of sp³-hybridized carbons (Fsp3) is 0.273. The molecule has 1 aliphatic heterocycles. The summed E-state index contributed by atoms with van der Waals surface area (Å²) in [6.07, 6.45) is 0. The maximum atomic E-state index is 12.4. The molecule has 150 valence electrons. The number of piperazine rings is 1. The Labute approximate surface area is 174 Å². The second-order valence-corrected chi connectivity index (χ2v) is 7.77. The van der Waals surface area contributed by atoms with Crippen LogP contribution in [0.15, 0.2) is 60.0 Å². The molecule has 4 rings (SSSR count). The van der Waals surface area contributed by atoms with Crippen LogP contribution in [0.1, 0.15) is 0 Å². The molecule has 2 aromatic carbocycles. The van der Waals surface area contributed by atoms with E-state index in [4.69, 9.17) is 4.74 Å². The van der Waals surface area contributed by atoms with Crippen LogP contribution in [0.3, 0.4) is 0 Å². The summed E-state index contributed by atoms with van der Waals surface area (Å²) in [5, 5.41) is 5.55. The SMILES string of the molecule is COc1ccc(N2CCN(CC(=O)Nc3nc(-c4ccccc4)cs3)CC2)cc1. The number of anilines is 2. The molecule has 1 amide bonds. The number of ether oxygens (including phenoxy) is 1. The quantitative estimate of drug-likeness (QED) is 0.676. The van der Waals surface area contributed by atoms with Crippen LogP contribution in [0.5, 0.6) is 5.75 Å². The summed E-state index contributed by atoms with van der Waals surface area (Å²) in [6.45, 7) is 3.89. The van der Waals surface area contributed by atoms with Gasteiger partial charge in [-0.2, -0.15) is 0 Å². The maximum absolute atomic E-state index is 12.4. The van der Waals surface area contributed by atoms with E-state index in [0.29, 0.717) is 11.7 Å². The summed E-state index contributed by atoms with van der Waals surface area (Å²) in [5.41, 5.74) is 3.13. The molecule has 0 bridgehead atoms. The Hall–Kier alpha value is -2.90. The van der Waals surface area contributed by atoms with Crippen molar-refractivity contribution >= 4 is 28.1 Å². The summed E-state index contributed by atoms with van der Waals surface area (Å²) < 4.78 is 5.22. The van der Waals surface area contributed by atoms with Gasteiger partial charge in [0.1, 0.15) is 5.75 Å². The molecule has 2 heterocycles. The Bertz CT molecular complexity index is 935. The van der Waals surface area contributed by atoms with Crippen LogP contribution in [0.4, 0.5) is 10.8 Å². The van der Waals surface area contributed by atoms with E-state index in [1.807, 2.05) is 47.8 Å². The van der Waals surface area contributed by atoms with Gasteiger partial charge in [-0.25, -0.2) is 4.98 Å². The zero-order valence-electron chi connectivity index (χ0n) is 16.4. The fourth-order valence-corrected chi connectivity index (χ4v) is 4.13. The van der Waals surface area contributed by atoms with Crippen LogP contribution < -0.4 is 15.0 Å². The largest absolute Gasteiger partial charge is 0.497 e. The predicted octanol–water partition coefficient (Wildman–Crippen LogP) is 3.58. The second-order valence-electron chi connectivity index (χ2n) is 6.91. The van der Waals surface area contributed by atoms with Crippen LogP contribution in [0.2, 0.25) is 0 Å². The van der Waals surface area contributed by atoms with Crippen molar-refractivity contribution < 1.29 is 9.53 Å². The van der Waals surface area contributed by atoms with Crippen molar-refractivity contribution in [2.24, 2.45) is 0 Å². The second kappa shape index (κ2) is 9.07. The van der Waals surface area contributed by atoms with Crippen LogP contribution in [-0.2, 0) is 4.79 Å². The number of nitrogens with one attached hydrogen (secondary N) is 1. The third-order valence-electron chi connectivity index (χ3n) is 5.00. The minimum absolute atomic E-state index is 0.0168. The molecule has 0 unspecified atom stereocenters. The van der Waals surface area contributed by atoms with Crippen molar-refractivity contribution in [3.63, 3.8) is 0 Å². The van der Waals surface area contributed by atoms with Crippen molar-refractivity contribution in [2.75, 3.05) is 50.1 Å². The van der Waals surface area contributed by atoms with Gasteiger partial charge in [-0.1, -0.05) is 30.3 Å². The first kappa shape index (κ1) is 19.4. The van der Waals surface area contributed by atoms with Crippen molar-refractivity contribution in [3.8, 4) is 17.0 Å². The number of carbonyl (C=O) groups excluding carboxylic acids is 1. The van der Waals surface area contributed by atoms with E-state index < -0.39 is 0 Å². The van der Waals surface area contributed by atoms with Gasteiger partial charge in [0.15, 0.2) is 5.13 Å². The first-order chi connectivity index (χ1) is 14.2. The van der Waals surface area contributed by atoms with Crippen LogP contribution in [-0.4, -0.2) is 55.6 Å². The van der Waals surface area contributed by atoms with Crippen molar-refractivity contribution in [3.05, 3.63) is 60.0 Å².